The molecule has 2 atom stereocenters. The number of imide groups is 1. The van der Waals surface area contributed by atoms with Crippen molar-refractivity contribution in [1.29, 1.82) is 0 Å². The molecule has 2 aliphatic heterocycles. The molecular formula is C25H30N4O4. The number of hydrogen-bond donors (Lipinski definition) is 2. The van der Waals surface area contributed by atoms with Crippen LogP contribution in [0.2, 0.25) is 0 Å². The second-order valence-corrected chi connectivity index (χ2v) is 8.83. The first kappa shape index (κ1) is 22.8. The second kappa shape index (κ2) is 9.62. The predicted molar refractivity (Wildman–Crippen MR) is 123 cm³/mol. The lowest BCUT2D eigenvalue weighted by Gasteiger charge is -2.25. The number of hydrogen-bond acceptors (Lipinski definition) is 5. The predicted octanol–water partition coefficient (Wildman–Crippen LogP) is 2.81. The lowest BCUT2D eigenvalue weighted by molar-refractivity contribution is -0.139. The van der Waals surface area contributed by atoms with E-state index in [0.29, 0.717) is 12.8 Å². The highest BCUT2D eigenvalue weighted by Gasteiger charge is 2.48. The smallest absolute Gasteiger partial charge is 0.344 e. The van der Waals surface area contributed by atoms with E-state index >= 15 is 0 Å². The number of amides is 4. The number of benzene rings is 2. The molecule has 2 fully saturated rings. The van der Waals surface area contributed by atoms with E-state index in [1.54, 1.807) is 14.0 Å². The number of carbonyl (C=O) groups is 3. The fourth-order valence-electron chi connectivity index (χ4n) is 4.56. The molecule has 0 saturated carbocycles. The van der Waals surface area contributed by atoms with Crippen molar-refractivity contribution in [2.75, 3.05) is 20.2 Å². The summed E-state index contributed by atoms with van der Waals surface area (Å²) in [6.07, 6.45) is 3.01. The van der Waals surface area contributed by atoms with Crippen LogP contribution in [0.25, 0.3) is 0 Å². The van der Waals surface area contributed by atoms with Gasteiger partial charge in [-0.3, -0.25) is 19.9 Å². The summed E-state index contributed by atoms with van der Waals surface area (Å²) in [5.74, 6) is -0.0361. The Hall–Kier alpha value is -3.39. The standard InChI is InChI=1S/C25H30N4O4/c1-25(15-14-18-7-4-3-5-8-18)23(31)29(24(32)26-25)27-22(30)17-28-16-6-9-21(28)19-10-12-20(33-2)13-11-19/h3-5,7-8,10-13,21H,6,9,14-17H2,1-2H3,(H,26,32)(H,27,30). The lowest BCUT2D eigenvalue weighted by Crippen LogP contribution is -2.51. The molecule has 2 saturated heterocycles. The number of nitrogens with one attached hydrogen (secondary N) is 2. The summed E-state index contributed by atoms with van der Waals surface area (Å²) in [7, 11) is 1.63. The van der Waals surface area contributed by atoms with Gasteiger partial charge in [0.15, 0.2) is 0 Å². The Balaban J connectivity index is 1.35. The van der Waals surface area contributed by atoms with Gasteiger partial charge >= 0.3 is 6.03 Å². The first-order chi connectivity index (χ1) is 15.9. The van der Waals surface area contributed by atoms with E-state index in [2.05, 4.69) is 15.6 Å². The highest BCUT2D eigenvalue weighted by Crippen LogP contribution is 2.32. The maximum atomic E-state index is 13.0. The van der Waals surface area contributed by atoms with Gasteiger partial charge in [-0.05, 0) is 62.4 Å². The number of methoxy groups -OCH3 is 1. The summed E-state index contributed by atoms with van der Waals surface area (Å²) in [6, 6.07) is 17.1. The maximum absolute atomic E-state index is 13.0. The van der Waals surface area contributed by atoms with E-state index in [1.165, 1.54) is 0 Å². The van der Waals surface area contributed by atoms with Gasteiger partial charge in [0.25, 0.3) is 11.8 Å². The molecule has 0 radical (unpaired) electrons. The van der Waals surface area contributed by atoms with Crippen LogP contribution in [0.15, 0.2) is 54.6 Å². The third kappa shape index (κ3) is 5.01. The number of ether oxygens (including phenoxy) is 1. The van der Waals surface area contributed by atoms with Crippen LogP contribution in [0.3, 0.4) is 0 Å². The van der Waals surface area contributed by atoms with E-state index in [0.717, 1.165) is 41.3 Å². The molecule has 2 unspecified atom stereocenters. The molecule has 2 aromatic rings. The number of urea groups is 1. The Morgan fingerprint density at radius 3 is 2.58 bits per heavy atom. The third-order valence-corrected chi connectivity index (χ3v) is 6.46. The molecule has 0 bridgehead atoms. The minimum absolute atomic E-state index is 0.106. The second-order valence-electron chi connectivity index (χ2n) is 8.83. The van der Waals surface area contributed by atoms with Crippen molar-refractivity contribution in [2.45, 2.75) is 44.2 Å². The van der Waals surface area contributed by atoms with Gasteiger partial charge in [-0.15, -0.1) is 0 Å². The molecule has 2 heterocycles. The fourth-order valence-corrected chi connectivity index (χ4v) is 4.56. The van der Waals surface area contributed by atoms with Crippen molar-refractivity contribution in [3.63, 3.8) is 0 Å². The fraction of sp³-hybridized carbons (Fsp3) is 0.400. The minimum Gasteiger partial charge on any atom is -0.497 e. The molecule has 4 amide bonds. The average Bonchev–Trinajstić information content (AvgIpc) is 3.36. The zero-order chi connectivity index (χ0) is 23.4. The van der Waals surface area contributed by atoms with Gasteiger partial charge in [0.1, 0.15) is 11.3 Å². The molecule has 2 N–H and O–H groups in total. The average molecular weight is 451 g/mol. The Morgan fingerprint density at radius 2 is 1.88 bits per heavy atom. The van der Waals surface area contributed by atoms with Crippen molar-refractivity contribution in [3.8, 4) is 5.75 Å². The zero-order valence-electron chi connectivity index (χ0n) is 19.0. The first-order valence-electron chi connectivity index (χ1n) is 11.3. The van der Waals surface area contributed by atoms with Gasteiger partial charge < -0.3 is 10.1 Å². The van der Waals surface area contributed by atoms with Gasteiger partial charge in [0.05, 0.1) is 13.7 Å². The minimum atomic E-state index is -1.06. The largest absolute Gasteiger partial charge is 0.497 e. The van der Waals surface area contributed by atoms with Crippen molar-refractivity contribution in [1.82, 2.24) is 20.7 Å². The highest BCUT2D eigenvalue weighted by molar-refractivity contribution is 6.07. The number of carbonyl (C=O) groups excluding carboxylic acids is 3. The molecule has 0 aliphatic carbocycles. The summed E-state index contributed by atoms with van der Waals surface area (Å²) < 4.78 is 5.22. The summed E-state index contributed by atoms with van der Waals surface area (Å²) in [5, 5.41) is 3.57. The van der Waals surface area contributed by atoms with Crippen molar-refractivity contribution >= 4 is 17.8 Å². The number of aryl methyl sites for hydroxylation is 1. The Kier molecular flexibility index (Phi) is 6.65. The van der Waals surface area contributed by atoms with Crippen LogP contribution in [-0.4, -0.2) is 53.5 Å². The number of likely N-dealkylation sites (tertiary alicyclic amines) is 1. The Morgan fingerprint density at radius 1 is 1.15 bits per heavy atom. The van der Waals surface area contributed by atoms with Gasteiger partial charge in [-0.1, -0.05) is 42.5 Å². The summed E-state index contributed by atoms with van der Waals surface area (Å²) in [4.78, 5) is 40.3. The molecule has 174 valence electrons. The Labute approximate surface area is 193 Å². The highest BCUT2D eigenvalue weighted by atomic mass is 16.5. The molecule has 2 aliphatic rings. The van der Waals surface area contributed by atoms with Gasteiger partial charge in [-0.2, -0.15) is 5.01 Å². The van der Waals surface area contributed by atoms with Crippen LogP contribution in [0.1, 0.15) is 43.4 Å². The number of hydrazine groups is 1. The quantitative estimate of drug-likeness (QED) is 0.604. The summed E-state index contributed by atoms with van der Waals surface area (Å²) in [6.45, 7) is 2.58. The van der Waals surface area contributed by atoms with Crippen LogP contribution < -0.4 is 15.5 Å². The lowest BCUT2D eigenvalue weighted by atomic mass is 9.93. The molecule has 2 aromatic carbocycles. The number of rotatable bonds is 8. The topological polar surface area (TPSA) is 91.0 Å². The Bertz CT molecular complexity index is 1010. The zero-order valence-corrected chi connectivity index (χ0v) is 19.0. The van der Waals surface area contributed by atoms with Crippen LogP contribution in [0, 0.1) is 0 Å². The summed E-state index contributed by atoms with van der Waals surface area (Å²) in [5.41, 5.74) is 3.66. The van der Waals surface area contributed by atoms with Gasteiger partial charge in [-0.25, -0.2) is 4.79 Å². The van der Waals surface area contributed by atoms with Crippen molar-refractivity contribution in [2.24, 2.45) is 0 Å². The SMILES string of the molecule is COc1ccc(C2CCCN2CC(=O)NN2C(=O)NC(C)(CCc3ccccc3)C2=O)cc1. The van der Waals surface area contributed by atoms with Crippen molar-refractivity contribution < 1.29 is 19.1 Å². The van der Waals surface area contributed by atoms with Crippen LogP contribution in [0.5, 0.6) is 5.75 Å². The molecule has 8 nitrogen and oxygen atoms in total. The molecule has 0 spiro atoms. The van der Waals surface area contributed by atoms with Gasteiger partial charge in [0, 0.05) is 6.04 Å². The normalized spacial score (nSPS) is 23.0. The van der Waals surface area contributed by atoms with E-state index in [-0.39, 0.29) is 18.5 Å². The molecule has 4 rings (SSSR count). The van der Waals surface area contributed by atoms with Crippen LogP contribution in [0.4, 0.5) is 4.79 Å². The molecule has 8 heteroatoms. The van der Waals surface area contributed by atoms with E-state index in [1.807, 2.05) is 54.6 Å². The maximum Gasteiger partial charge on any atom is 0.344 e. The van der Waals surface area contributed by atoms with Gasteiger partial charge in [0.2, 0.25) is 0 Å². The van der Waals surface area contributed by atoms with E-state index < -0.39 is 17.5 Å². The van der Waals surface area contributed by atoms with Crippen LogP contribution in [-0.2, 0) is 16.0 Å². The van der Waals surface area contributed by atoms with E-state index in [9.17, 15) is 14.4 Å². The first-order valence-corrected chi connectivity index (χ1v) is 11.3. The molecular weight excluding hydrogens is 420 g/mol. The van der Waals surface area contributed by atoms with Crippen molar-refractivity contribution in [3.05, 3.63) is 65.7 Å². The number of nitrogens with zero attached hydrogens (tertiary/aromatic N) is 2. The van der Waals surface area contributed by atoms with E-state index in [4.69, 9.17) is 4.74 Å². The molecule has 33 heavy (non-hydrogen) atoms. The summed E-state index contributed by atoms with van der Waals surface area (Å²) >= 11 is 0. The van der Waals surface area contributed by atoms with Crippen LogP contribution >= 0.6 is 0 Å². The monoisotopic (exact) mass is 450 g/mol. The molecule has 0 aromatic heterocycles. The third-order valence-electron chi connectivity index (χ3n) is 6.46.